The molecule has 140 valence electrons. The SMILES string of the molecule is Cc1cc(O)cc2cc(-c3ccc(O)cc3)c3cc(C(=O)C(C)C)ccc3c12. The minimum atomic E-state index is -0.0753. The summed E-state index contributed by atoms with van der Waals surface area (Å²) in [5.41, 5.74) is 3.59. The van der Waals surface area contributed by atoms with Gasteiger partial charge in [0.2, 0.25) is 0 Å². The molecule has 4 rings (SSSR count). The van der Waals surface area contributed by atoms with Crippen LogP contribution < -0.4 is 0 Å². The van der Waals surface area contributed by atoms with Gasteiger partial charge in [-0.05, 0) is 81.6 Å². The molecule has 0 radical (unpaired) electrons. The Morgan fingerprint density at radius 3 is 2.21 bits per heavy atom. The fourth-order valence-electron chi connectivity index (χ4n) is 3.86. The summed E-state index contributed by atoms with van der Waals surface area (Å²) in [6.45, 7) is 5.79. The maximum absolute atomic E-state index is 12.6. The van der Waals surface area contributed by atoms with Crippen LogP contribution >= 0.6 is 0 Å². The molecule has 0 aliphatic rings. The van der Waals surface area contributed by atoms with Crippen molar-refractivity contribution in [2.24, 2.45) is 5.92 Å². The van der Waals surface area contributed by atoms with Crippen LogP contribution in [0.15, 0.2) is 60.7 Å². The van der Waals surface area contributed by atoms with E-state index in [2.05, 4.69) is 0 Å². The van der Waals surface area contributed by atoms with Crippen LogP contribution in [0.25, 0.3) is 32.7 Å². The van der Waals surface area contributed by atoms with E-state index < -0.39 is 0 Å². The zero-order valence-corrected chi connectivity index (χ0v) is 16.2. The van der Waals surface area contributed by atoms with Crippen molar-refractivity contribution < 1.29 is 15.0 Å². The van der Waals surface area contributed by atoms with E-state index in [1.165, 1.54) is 0 Å². The van der Waals surface area contributed by atoms with E-state index in [0.29, 0.717) is 5.56 Å². The van der Waals surface area contributed by atoms with Gasteiger partial charge in [0.15, 0.2) is 5.78 Å². The Morgan fingerprint density at radius 1 is 0.821 bits per heavy atom. The van der Waals surface area contributed by atoms with E-state index >= 15 is 0 Å². The van der Waals surface area contributed by atoms with Gasteiger partial charge in [-0.25, -0.2) is 0 Å². The van der Waals surface area contributed by atoms with Crippen molar-refractivity contribution in [1.82, 2.24) is 0 Å². The van der Waals surface area contributed by atoms with E-state index in [-0.39, 0.29) is 23.2 Å². The Labute approximate surface area is 163 Å². The summed E-state index contributed by atoms with van der Waals surface area (Å²) >= 11 is 0. The largest absolute Gasteiger partial charge is 0.508 e. The maximum atomic E-state index is 12.6. The van der Waals surface area contributed by atoms with E-state index in [1.54, 1.807) is 24.3 Å². The van der Waals surface area contributed by atoms with E-state index in [1.807, 2.05) is 57.2 Å². The van der Waals surface area contributed by atoms with Gasteiger partial charge in [-0.3, -0.25) is 4.79 Å². The van der Waals surface area contributed by atoms with Crippen LogP contribution in [0, 0.1) is 12.8 Å². The molecule has 0 saturated carbocycles. The molecule has 0 atom stereocenters. The minimum Gasteiger partial charge on any atom is -0.508 e. The molecule has 2 N–H and O–H groups in total. The molecular formula is C25H22O3. The average Bonchev–Trinajstić information content (AvgIpc) is 2.66. The maximum Gasteiger partial charge on any atom is 0.165 e. The van der Waals surface area contributed by atoms with Crippen molar-refractivity contribution in [3.8, 4) is 22.6 Å². The number of Topliss-reactive ketones (excluding diaryl/α,β-unsaturated/α-hetero) is 1. The van der Waals surface area contributed by atoms with E-state index in [9.17, 15) is 15.0 Å². The molecule has 0 amide bonds. The molecule has 3 nitrogen and oxygen atoms in total. The minimum absolute atomic E-state index is 0.0753. The first kappa shape index (κ1) is 18.1. The fraction of sp³-hybridized carbons (Fsp3) is 0.160. The van der Waals surface area contributed by atoms with Crippen LogP contribution in [0.2, 0.25) is 0 Å². The molecule has 0 bridgehead atoms. The number of aryl methyl sites for hydroxylation is 1. The molecule has 0 aliphatic heterocycles. The van der Waals surface area contributed by atoms with Crippen LogP contribution in [0.4, 0.5) is 0 Å². The lowest BCUT2D eigenvalue weighted by Gasteiger charge is -2.15. The van der Waals surface area contributed by atoms with Gasteiger partial charge in [-0.2, -0.15) is 0 Å². The quantitative estimate of drug-likeness (QED) is 0.332. The number of carbonyl (C=O) groups is 1. The predicted octanol–water partition coefficient (Wildman–Crippen LogP) is 6.22. The molecular weight excluding hydrogens is 348 g/mol. The average molecular weight is 370 g/mol. The number of hydrogen-bond donors (Lipinski definition) is 2. The number of ketones is 1. The molecule has 0 aromatic heterocycles. The first-order valence-corrected chi connectivity index (χ1v) is 9.39. The van der Waals surface area contributed by atoms with Gasteiger partial charge in [-0.1, -0.05) is 38.1 Å². The van der Waals surface area contributed by atoms with Crippen molar-refractivity contribution in [3.05, 3.63) is 71.8 Å². The van der Waals surface area contributed by atoms with Crippen LogP contribution in [-0.4, -0.2) is 16.0 Å². The first-order valence-electron chi connectivity index (χ1n) is 9.39. The monoisotopic (exact) mass is 370 g/mol. The van der Waals surface area contributed by atoms with Gasteiger partial charge in [0, 0.05) is 11.5 Å². The second kappa shape index (κ2) is 6.68. The number of carbonyl (C=O) groups excluding carboxylic acids is 1. The molecule has 4 aromatic carbocycles. The van der Waals surface area contributed by atoms with Gasteiger partial charge >= 0.3 is 0 Å². The second-order valence-electron chi connectivity index (χ2n) is 7.61. The topological polar surface area (TPSA) is 57.5 Å². The van der Waals surface area contributed by atoms with Gasteiger partial charge in [-0.15, -0.1) is 0 Å². The molecule has 0 heterocycles. The van der Waals surface area contributed by atoms with Crippen molar-refractivity contribution in [2.45, 2.75) is 20.8 Å². The Bertz CT molecular complexity index is 1220. The summed E-state index contributed by atoms with van der Waals surface area (Å²) in [5, 5.41) is 23.8. The third-order valence-corrected chi connectivity index (χ3v) is 5.22. The number of phenols is 2. The number of rotatable bonds is 3. The fourth-order valence-corrected chi connectivity index (χ4v) is 3.86. The third-order valence-electron chi connectivity index (χ3n) is 5.22. The highest BCUT2D eigenvalue weighted by Gasteiger charge is 2.16. The Balaban J connectivity index is 2.12. The van der Waals surface area contributed by atoms with Crippen LogP contribution in [-0.2, 0) is 0 Å². The molecule has 0 aliphatic carbocycles. The smallest absolute Gasteiger partial charge is 0.165 e. The first-order chi connectivity index (χ1) is 13.3. The summed E-state index contributed by atoms with van der Waals surface area (Å²) in [7, 11) is 0. The van der Waals surface area contributed by atoms with Crippen molar-refractivity contribution in [2.75, 3.05) is 0 Å². The van der Waals surface area contributed by atoms with Gasteiger partial charge in [0.1, 0.15) is 11.5 Å². The molecule has 28 heavy (non-hydrogen) atoms. The van der Waals surface area contributed by atoms with Crippen LogP contribution in [0.1, 0.15) is 29.8 Å². The van der Waals surface area contributed by atoms with Crippen molar-refractivity contribution in [1.29, 1.82) is 0 Å². The third kappa shape index (κ3) is 2.99. The van der Waals surface area contributed by atoms with E-state index in [4.69, 9.17) is 0 Å². The van der Waals surface area contributed by atoms with Crippen LogP contribution in [0.5, 0.6) is 11.5 Å². The summed E-state index contributed by atoms with van der Waals surface area (Å²) in [6.07, 6.45) is 0. The van der Waals surface area contributed by atoms with Crippen molar-refractivity contribution >= 4 is 27.3 Å². The summed E-state index contributed by atoms with van der Waals surface area (Å²) < 4.78 is 0. The zero-order valence-electron chi connectivity index (χ0n) is 16.2. The summed E-state index contributed by atoms with van der Waals surface area (Å²) in [5.74, 6) is 0.473. The lowest BCUT2D eigenvalue weighted by molar-refractivity contribution is 0.0939. The molecule has 4 aromatic rings. The number of benzene rings is 4. The Kier molecular flexibility index (Phi) is 4.31. The van der Waals surface area contributed by atoms with Gasteiger partial charge in [0.05, 0.1) is 0 Å². The number of aromatic hydroxyl groups is 2. The highest BCUT2D eigenvalue weighted by Crippen LogP contribution is 2.38. The normalized spacial score (nSPS) is 11.4. The van der Waals surface area contributed by atoms with E-state index in [0.717, 1.165) is 38.2 Å². The molecule has 0 fully saturated rings. The number of hydrogen-bond acceptors (Lipinski definition) is 3. The van der Waals surface area contributed by atoms with Gasteiger partial charge in [0.25, 0.3) is 0 Å². The Hall–Kier alpha value is -3.33. The molecule has 0 saturated heterocycles. The van der Waals surface area contributed by atoms with Crippen LogP contribution in [0.3, 0.4) is 0 Å². The molecule has 3 heteroatoms. The lowest BCUT2D eigenvalue weighted by atomic mass is 9.89. The lowest BCUT2D eigenvalue weighted by Crippen LogP contribution is -2.07. The van der Waals surface area contributed by atoms with Gasteiger partial charge < -0.3 is 10.2 Å². The highest BCUT2D eigenvalue weighted by molar-refractivity contribution is 6.16. The predicted molar refractivity (Wildman–Crippen MR) is 114 cm³/mol. The Morgan fingerprint density at radius 2 is 1.54 bits per heavy atom. The number of phenolic OH excluding ortho intramolecular Hbond substituents is 2. The highest BCUT2D eigenvalue weighted by atomic mass is 16.3. The summed E-state index contributed by atoms with van der Waals surface area (Å²) in [4.78, 5) is 12.6. The standard InChI is InChI=1S/C25H22O3/c1-14(2)25(28)17-6-9-21-23(12-17)22(16-4-7-19(26)8-5-16)13-18-11-20(27)10-15(3)24(18)21/h4-14,26-27H,1-3H3. The summed E-state index contributed by atoms with van der Waals surface area (Å²) in [6, 6.07) is 18.5. The molecule has 0 unspecified atom stereocenters. The number of fused-ring (bicyclic) bond motifs is 3. The molecule has 0 spiro atoms. The van der Waals surface area contributed by atoms with Crippen molar-refractivity contribution in [3.63, 3.8) is 0 Å². The second-order valence-corrected chi connectivity index (χ2v) is 7.61. The zero-order chi connectivity index (χ0) is 20.0.